The van der Waals surface area contributed by atoms with Gasteiger partial charge in [0.2, 0.25) is 5.91 Å². The lowest BCUT2D eigenvalue weighted by molar-refractivity contribution is 0.0417. The van der Waals surface area contributed by atoms with E-state index in [4.69, 9.17) is 10.2 Å². The smallest absolute Gasteiger partial charge is 0.407 e. The minimum atomic E-state index is -2.74. The largest absolute Gasteiger partial charge is 0.465 e. The van der Waals surface area contributed by atoms with Gasteiger partial charge in [-0.2, -0.15) is 0 Å². The molecule has 46 heavy (non-hydrogen) atoms. The molecule has 1 heterocycles. The van der Waals surface area contributed by atoms with Gasteiger partial charge in [-0.25, -0.2) is 13.6 Å². The zero-order chi connectivity index (χ0) is 34.0. The van der Waals surface area contributed by atoms with Crippen molar-refractivity contribution in [3.63, 3.8) is 0 Å². The molecule has 0 aromatic heterocycles. The van der Waals surface area contributed by atoms with Gasteiger partial charge in [-0.15, -0.1) is 0 Å². The number of primary amides is 1. The molecule has 1 aliphatic rings. The number of carboxylic acid groups (broad SMARTS) is 1. The summed E-state index contributed by atoms with van der Waals surface area (Å²) >= 11 is 0. The number of rotatable bonds is 10. The molecule has 9 nitrogen and oxygen atoms in total. The number of aliphatic hydroxyl groups is 1. The minimum absolute atomic E-state index is 0.0658. The van der Waals surface area contributed by atoms with Crippen LogP contribution in [0.3, 0.4) is 0 Å². The molecular formula is C34H41F2N3O6Si. The Labute approximate surface area is 268 Å². The van der Waals surface area contributed by atoms with Crippen molar-refractivity contribution in [2.24, 2.45) is 5.73 Å². The molecule has 4 rings (SSSR count). The molecule has 0 aliphatic carbocycles. The number of hydrogen-bond donors (Lipinski definition) is 4. The van der Waals surface area contributed by atoms with Gasteiger partial charge >= 0.3 is 6.09 Å². The third-order valence-electron chi connectivity index (χ3n) is 9.05. The van der Waals surface area contributed by atoms with Gasteiger partial charge in [0, 0.05) is 23.6 Å². The number of carbonyl (C=O) groups excluding carboxylic acids is 2. The number of amides is 3. The number of nitrogens with zero attached hydrogens (tertiary/aromatic N) is 1. The SMILES string of the molecule is CC(C)(C)[Si](C)(C)O[C@H](C1CC(O)(c2ccccc2)CN1C(=O)O)[C@H](Cc1cc(F)cc(F)c1)NC(=O)c1cccc(C(N)=O)c1. The van der Waals surface area contributed by atoms with Gasteiger partial charge in [0.1, 0.15) is 17.2 Å². The van der Waals surface area contributed by atoms with E-state index in [0.29, 0.717) is 5.56 Å². The number of hydrogen-bond acceptors (Lipinski definition) is 5. The molecule has 12 heteroatoms. The third kappa shape index (κ3) is 7.80. The Hall–Kier alpha value is -4.13. The molecule has 0 spiro atoms. The number of nitrogens with one attached hydrogen (secondary N) is 1. The molecule has 3 aromatic rings. The predicted molar refractivity (Wildman–Crippen MR) is 172 cm³/mol. The minimum Gasteiger partial charge on any atom is -0.465 e. The maximum atomic E-state index is 14.4. The van der Waals surface area contributed by atoms with Crippen LogP contribution in [0.4, 0.5) is 13.6 Å². The van der Waals surface area contributed by atoms with Crippen molar-refractivity contribution in [2.45, 2.75) is 75.5 Å². The molecular weight excluding hydrogens is 612 g/mol. The first-order chi connectivity index (χ1) is 21.4. The average molecular weight is 654 g/mol. The predicted octanol–water partition coefficient (Wildman–Crippen LogP) is 5.44. The van der Waals surface area contributed by atoms with E-state index in [-0.39, 0.29) is 41.1 Å². The number of halogens is 2. The van der Waals surface area contributed by atoms with Crippen LogP contribution in [0.15, 0.2) is 72.8 Å². The normalized spacial score (nSPS) is 19.8. The highest BCUT2D eigenvalue weighted by Crippen LogP contribution is 2.43. The molecule has 3 amide bonds. The van der Waals surface area contributed by atoms with Gasteiger partial charge in [0.25, 0.3) is 5.91 Å². The van der Waals surface area contributed by atoms with E-state index in [1.165, 1.54) is 24.3 Å². The van der Waals surface area contributed by atoms with E-state index < -0.39 is 61.6 Å². The maximum absolute atomic E-state index is 14.4. The second-order valence-electron chi connectivity index (χ2n) is 13.4. The lowest BCUT2D eigenvalue weighted by atomic mass is 9.87. The Morgan fingerprint density at radius 3 is 2.20 bits per heavy atom. The van der Waals surface area contributed by atoms with Crippen molar-refractivity contribution in [3.05, 3.63) is 107 Å². The molecule has 1 saturated heterocycles. The van der Waals surface area contributed by atoms with Crippen molar-refractivity contribution in [2.75, 3.05) is 6.54 Å². The highest BCUT2D eigenvalue weighted by Gasteiger charge is 2.53. The van der Waals surface area contributed by atoms with Gasteiger partial charge in [0.15, 0.2) is 8.32 Å². The molecule has 246 valence electrons. The average Bonchev–Trinajstić information content (AvgIpc) is 3.34. The van der Waals surface area contributed by atoms with Gasteiger partial charge in [-0.1, -0.05) is 57.2 Å². The Morgan fingerprint density at radius 2 is 1.63 bits per heavy atom. The van der Waals surface area contributed by atoms with Gasteiger partial charge in [-0.3, -0.25) is 14.5 Å². The zero-order valence-electron chi connectivity index (χ0n) is 26.6. The van der Waals surface area contributed by atoms with E-state index in [2.05, 4.69) is 5.32 Å². The molecule has 4 atom stereocenters. The van der Waals surface area contributed by atoms with Crippen LogP contribution >= 0.6 is 0 Å². The second-order valence-corrected chi connectivity index (χ2v) is 18.2. The second kappa shape index (κ2) is 13.3. The number of nitrogens with two attached hydrogens (primary N) is 1. The van der Waals surface area contributed by atoms with Gasteiger partial charge in [-0.05, 0) is 66.0 Å². The number of carbonyl (C=O) groups is 3. The Balaban J connectivity index is 1.86. The zero-order valence-corrected chi connectivity index (χ0v) is 27.6. The van der Waals surface area contributed by atoms with E-state index in [9.17, 15) is 33.4 Å². The van der Waals surface area contributed by atoms with E-state index in [0.717, 1.165) is 23.1 Å². The number of β-amino-alcohol motifs (C(OH)–C–C–N with tert-alkyl or cyclic N) is 1. The number of benzene rings is 3. The van der Waals surface area contributed by atoms with Crippen LogP contribution in [0, 0.1) is 11.6 Å². The molecule has 0 radical (unpaired) electrons. The molecule has 0 bridgehead atoms. The van der Waals surface area contributed by atoms with Gasteiger partial charge in [0.05, 0.1) is 24.7 Å². The first-order valence-electron chi connectivity index (χ1n) is 15.0. The molecule has 5 N–H and O–H groups in total. The lowest BCUT2D eigenvalue weighted by Crippen LogP contribution is -2.59. The third-order valence-corrected chi connectivity index (χ3v) is 13.5. The summed E-state index contributed by atoms with van der Waals surface area (Å²) in [7, 11) is -2.74. The quantitative estimate of drug-likeness (QED) is 0.215. The van der Waals surface area contributed by atoms with Crippen molar-refractivity contribution >= 4 is 26.2 Å². The topological polar surface area (TPSA) is 142 Å². The summed E-state index contributed by atoms with van der Waals surface area (Å²) in [5, 5.41) is 24.8. The van der Waals surface area contributed by atoms with E-state index in [1.54, 1.807) is 30.3 Å². The summed E-state index contributed by atoms with van der Waals surface area (Å²) in [5.74, 6) is -3.00. The van der Waals surface area contributed by atoms with Crippen LogP contribution < -0.4 is 11.1 Å². The van der Waals surface area contributed by atoms with Crippen LogP contribution in [0.1, 0.15) is 59.0 Å². The van der Waals surface area contributed by atoms with Crippen molar-refractivity contribution in [3.8, 4) is 0 Å². The fourth-order valence-electron chi connectivity index (χ4n) is 5.62. The molecule has 1 fully saturated rings. The van der Waals surface area contributed by atoms with Crippen molar-refractivity contribution in [1.82, 2.24) is 10.2 Å². The molecule has 3 aromatic carbocycles. The van der Waals surface area contributed by atoms with Gasteiger partial charge < -0.3 is 25.7 Å². The first kappa shape index (κ1) is 34.7. The van der Waals surface area contributed by atoms with Crippen LogP contribution in [0.25, 0.3) is 0 Å². The van der Waals surface area contributed by atoms with Crippen LogP contribution in [0.2, 0.25) is 18.1 Å². The lowest BCUT2D eigenvalue weighted by Gasteiger charge is -2.44. The molecule has 0 saturated carbocycles. The summed E-state index contributed by atoms with van der Waals surface area (Å²) in [6.45, 7) is 9.70. The highest BCUT2D eigenvalue weighted by atomic mass is 28.4. The Morgan fingerprint density at radius 1 is 1.02 bits per heavy atom. The summed E-state index contributed by atoms with van der Waals surface area (Å²) in [6.07, 6.45) is -2.56. The standard InChI is InChI=1S/C34H41F2N3O6Si/c1-33(2,3)46(4,5)45-29(28-19-34(44,20-39(28)32(42)43)24-12-7-6-8-13-24)27(16-21-14-25(35)18-26(36)15-21)38-31(41)23-11-9-10-22(17-23)30(37)40/h6-15,17-18,27-29,44H,16,19-20H2,1-5H3,(H2,37,40)(H,38,41)(H,42,43)/t27-,28?,29-,34?/m0/s1. The summed E-state index contributed by atoms with van der Waals surface area (Å²) in [4.78, 5) is 39.5. The fourth-order valence-corrected chi connectivity index (χ4v) is 6.98. The molecule has 1 aliphatic heterocycles. The first-order valence-corrected chi connectivity index (χ1v) is 17.9. The Bertz CT molecular complexity index is 1580. The van der Waals surface area contributed by atoms with Crippen molar-refractivity contribution < 1.29 is 37.8 Å². The number of likely N-dealkylation sites (tertiary alicyclic amines) is 1. The van der Waals surface area contributed by atoms with Crippen LogP contribution in [0.5, 0.6) is 0 Å². The highest BCUT2D eigenvalue weighted by molar-refractivity contribution is 6.74. The van der Waals surface area contributed by atoms with E-state index >= 15 is 0 Å². The Kier molecular flexibility index (Phi) is 10.0. The van der Waals surface area contributed by atoms with Crippen molar-refractivity contribution in [1.29, 1.82) is 0 Å². The summed E-state index contributed by atoms with van der Waals surface area (Å²) in [5.41, 5.74) is 4.78. The van der Waals surface area contributed by atoms with Crippen LogP contribution in [-0.2, 0) is 16.4 Å². The fraction of sp³-hybridized carbons (Fsp3) is 0.382. The van der Waals surface area contributed by atoms with E-state index in [1.807, 2.05) is 33.9 Å². The molecule has 2 unspecified atom stereocenters. The maximum Gasteiger partial charge on any atom is 0.407 e. The monoisotopic (exact) mass is 653 g/mol. The summed E-state index contributed by atoms with van der Waals surface area (Å²) < 4.78 is 35.7. The summed E-state index contributed by atoms with van der Waals surface area (Å²) in [6, 6.07) is 15.5. The van der Waals surface area contributed by atoms with Crippen LogP contribution in [-0.4, -0.2) is 66.1 Å².